The first-order valence-corrected chi connectivity index (χ1v) is 7.18. The molecule has 2 amide bonds. The van der Waals surface area contributed by atoms with Crippen LogP contribution in [-0.2, 0) is 9.53 Å². The molecule has 0 aromatic heterocycles. The van der Waals surface area contributed by atoms with Crippen molar-refractivity contribution in [2.75, 3.05) is 38.2 Å². The molecule has 1 aromatic rings. The van der Waals surface area contributed by atoms with E-state index < -0.39 is 6.09 Å². The zero-order valence-electron chi connectivity index (χ0n) is 12.8. The number of phenolic OH excluding ortho intramolecular Hbond substituents is 1. The molecule has 7 nitrogen and oxygen atoms in total. The third kappa shape index (κ3) is 3.88. The minimum absolute atomic E-state index is 0.246. The summed E-state index contributed by atoms with van der Waals surface area (Å²) in [7, 11) is 1.23. The smallest absolute Gasteiger partial charge is 0.413 e. The minimum Gasteiger partial charge on any atom is -0.508 e. The molecule has 1 aliphatic heterocycles. The fraction of sp³-hybridized carbons (Fsp3) is 0.467. The van der Waals surface area contributed by atoms with Gasteiger partial charge in [0, 0.05) is 31.9 Å². The molecule has 1 aliphatic rings. The van der Waals surface area contributed by atoms with Crippen LogP contribution in [0.3, 0.4) is 0 Å². The second kappa shape index (κ2) is 7.13. The zero-order chi connectivity index (χ0) is 16.1. The third-order valence-corrected chi connectivity index (χ3v) is 3.87. The van der Waals surface area contributed by atoms with Crippen molar-refractivity contribution in [2.24, 2.45) is 0 Å². The zero-order valence-corrected chi connectivity index (χ0v) is 12.8. The summed E-state index contributed by atoms with van der Waals surface area (Å²) in [6.07, 6.45) is -0.737. The Kier molecular flexibility index (Phi) is 5.21. The molecule has 1 aromatic carbocycles. The molecule has 2 N–H and O–H groups in total. The van der Waals surface area contributed by atoms with Gasteiger partial charge >= 0.3 is 6.09 Å². The van der Waals surface area contributed by atoms with Gasteiger partial charge in [-0.3, -0.25) is 15.0 Å². The summed E-state index contributed by atoms with van der Waals surface area (Å²) < 4.78 is 4.42. The quantitative estimate of drug-likeness (QED) is 0.859. The number of nitrogens with one attached hydrogen (secondary N) is 1. The van der Waals surface area contributed by atoms with Gasteiger partial charge in [-0.15, -0.1) is 0 Å². The van der Waals surface area contributed by atoms with Crippen molar-refractivity contribution >= 4 is 17.7 Å². The standard InChI is InChI=1S/C15H21N3O4/c1-11(14(20)16-15(21)22-2)17-7-9-18(10-8-17)12-3-5-13(19)6-4-12/h3-6,11,19H,7-10H2,1-2H3,(H,16,20,21)/t11-/m0/s1. The van der Waals surface area contributed by atoms with Gasteiger partial charge in [-0.1, -0.05) is 0 Å². The van der Waals surface area contributed by atoms with Gasteiger partial charge in [0.2, 0.25) is 5.91 Å². The molecular weight excluding hydrogens is 286 g/mol. The Bertz CT molecular complexity index is 524. The van der Waals surface area contributed by atoms with Gasteiger partial charge in [-0.2, -0.15) is 0 Å². The largest absolute Gasteiger partial charge is 0.508 e. The second-order valence-electron chi connectivity index (χ2n) is 5.20. The average molecular weight is 307 g/mol. The van der Waals surface area contributed by atoms with Gasteiger partial charge in [0.05, 0.1) is 13.2 Å². The Labute approximate surface area is 129 Å². The van der Waals surface area contributed by atoms with E-state index in [-0.39, 0.29) is 17.7 Å². The van der Waals surface area contributed by atoms with Crippen molar-refractivity contribution < 1.29 is 19.4 Å². The lowest BCUT2D eigenvalue weighted by atomic mass is 10.2. The molecule has 0 aliphatic carbocycles. The molecule has 1 fully saturated rings. The molecule has 7 heteroatoms. The number of methoxy groups -OCH3 is 1. The summed E-state index contributed by atoms with van der Waals surface area (Å²) in [5, 5.41) is 11.5. The number of rotatable bonds is 3. The van der Waals surface area contributed by atoms with Crippen LogP contribution in [0, 0.1) is 0 Å². The first kappa shape index (κ1) is 16.1. The number of benzene rings is 1. The number of carbonyl (C=O) groups is 2. The summed E-state index contributed by atoms with van der Waals surface area (Å²) >= 11 is 0. The van der Waals surface area contributed by atoms with Crippen LogP contribution in [0.2, 0.25) is 0 Å². The van der Waals surface area contributed by atoms with E-state index in [2.05, 4.69) is 15.0 Å². The van der Waals surface area contributed by atoms with Crippen LogP contribution in [0.15, 0.2) is 24.3 Å². The molecule has 120 valence electrons. The number of nitrogens with zero attached hydrogens (tertiary/aromatic N) is 2. The fourth-order valence-corrected chi connectivity index (χ4v) is 2.45. The summed E-state index contributed by atoms with van der Waals surface area (Å²) in [5.74, 6) is -0.111. The van der Waals surface area contributed by atoms with E-state index in [9.17, 15) is 14.7 Å². The van der Waals surface area contributed by atoms with Crippen LogP contribution in [-0.4, -0.2) is 61.3 Å². The van der Waals surface area contributed by atoms with E-state index in [1.54, 1.807) is 19.1 Å². The number of hydrogen-bond acceptors (Lipinski definition) is 6. The first-order chi connectivity index (χ1) is 10.5. The van der Waals surface area contributed by atoms with E-state index in [0.717, 1.165) is 31.9 Å². The number of phenols is 1. The van der Waals surface area contributed by atoms with Crippen LogP contribution < -0.4 is 10.2 Å². The topological polar surface area (TPSA) is 82.1 Å². The number of anilines is 1. The molecule has 0 unspecified atom stereocenters. The Hall–Kier alpha value is -2.28. The summed E-state index contributed by atoms with van der Waals surface area (Å²) in [4.78, 5) is 27.2. The van der Waals surface area contributed by atoms with Gasteiger partial charge in [-0.05, 0) is 31.2 Å². The number of hydrogen-bond donors (Lipinski definition) is 2. The maximum Gasteiger partial charge on any atom is 0.413 e. The summed E-state index contributed by atoms with van der Waals surface area (Å²) in [5.41, 5.74) is 1.05. The highest BCUT2D eigenvalue weighted by Crippen LogP contribution is 2.20. The predicted octanol–water partition coefficient (Wildman–Crippen LogP) is 0.785. The lowest BCUT2D eigenvalue weighted by Gasteiger charge is -2.38. The van der Waals surface area contributed by atoms with Crippen LogP contribution in [0.1, 0.15) is 6.92 Å². The number of carbonyl (C=O) groups excluding carboxylic acids is 2. The number of piperazine rings is 1. The van der Waals surface area contributed by atoms with Crippen molar-refractivity contribution in [3.8, 4) is 5.75 Å². The number of aromatic hydroxyl groups is 1. The Morgan fingerprint density at radius 2 is 1.77 bits per heavy atom. The number of imide groups is 1. The Morgan fingerprint density at radius 1 is 1.18 bits per heavy atom. The van der Waals surface area contributed by atoms with E-state index in [1.165, 1.54) is 7.11 Å². The molecule has 1 saturated heterocycles. The van der Waals surface area contributed by atoms with Gasteiger partial charge < -0.3 is 14.7 Å². The van der Waals surface area contributed by atoms with E-state index in [4.69, 9.17) is 0 Å². The fourth-order valence-electron chi connectivity index (χ4n) is 2.45. The molecule has 1 heterocycles. The number of alkyl carbamates (subject to hydrolysis) is 1. The third-order valence-electron chi connectivity index (χ3n) is 3.87. The Morgan fingerprint density at radius 3 is 2.32 bits per heavy atom. The lowest BCUT2D eigenvalue weighted by molar-refractivity contribution is -0.125. The van der Waals surface area contributed by atoms with Crippen molar-refractivity contribution in [2.45, 2.75) is 13.0 Å². The SMILES string of the molecule is COC(=O)NC(=O)[C@H](C)N1CCN(c2ccc(O)cc2)CC1. The van der Waals surface area contributed by atoms with Gasteiger partial charge in [0.25, 0.3) is 0 Å². The van der Waals surface area contributed by atoms with Gasteiger partial charge in [0.15, 0.2) is 0 Å². The monoisotopic (exact) mass is 307 g/mol. The molecule has 2 rings (SSSR count). The van der Waals surface area contributed by atoms with Crippen molar-refractivity contribution in [3.63, 3.8) is 0 Å². The Balaban J connectivity index is 1.87. The van der Waals surface area contributed by atoms with Crippen LogP contribution in [0.25, 0.3) is 0 Å². The highest BCUT2D eigenvalue weighted by Gasteiger charge is 2.26. The molecular formula is C15H21N3O4. The molecule has 0 saturated carbocycles. The average Bonchev–Trinajstić information content (AvgIpc) is 2.55. The van der Waals surface area contributed by atoms with Crippen molar-refractivity contribution in [1.29, 1.82) is 0 Å². The minimum atomic E-state index is -0.737. The van der Waals surface area contributed by atoms with Crippen LogP contribution in [0.5, 0.6) is 5.75 Å². The molecule has 0 bridgehead atoms. The van der Waals surface area contributed by atoms with Crippen molar-refractivity contribution in [1.82, 2.24) is 10.2 Å². The normalized spacial score (nSPS) is 16.9. The molecule has 0 spiro atoms. The predicted molar refractivity (Wildman–Crippen MR) is 81.9 cm³/mol. The van der Waals surface area contributed by atoms with E-state index in [1.807, 2.05) is 17.0 Å². The maximum absolute atomic E-state index is 11.9. The van der Waals surface area contributed by atoms with Crippen LogP contribution >= 0.6 is 0 Å². The molecule has 0 radical (unpaired) electrons. The van der Waals surface area contributed by atoms with Crippen LogP contribution in [0.4, 0.5) is 10.5 Å². The second-order valence-corrected chi connectivity index (χ2v) is 5.20. The summed E-state index contributed by atoms with van der Waals surface area (Å²) in [6, 6.07) is 6.68. The maximum atomic E-state index is 11.9. The first-order valence-electron chi connectivity index (χ1n) is 7.18. The van der Waals surface area contributed by atoms with E-state index >= 15 is 0 Å². The van der Waals surface area contributed by atoms with Crippen molar-refractivity contribution in [3.05, 3.63) is 24.3 Å². The molecule has 22 heavy (non-hydrogen) atoms. The highest BCUT2D eigenvalue weighted by molar-refractivity contribution is 5.94. The molecule has 1 atom stereocenters. The van der Waals surface area contributed by atoms with Gasteiger partial charge in [-0.25, -0.2) is 4.79 Å². The summed E-state index contributed by atoms with van der Waals surface area (Å²) in [6.45, 7) is 4.77. The number of ether oxygens (including phenoxy) is 1. The van der Waals surface area contributed by atoms with Gasteiger partial charge in [0.1, 0.15) is 5.75 Å². The highest BCUT2D eigenvalue weighted by atomic mass is 16.5. The number of amides is 2. The van der Waals surface area contributed by atoms with E-state index in [0.29, 0.717) is 0 Å². The lowest BCUT2D eigenvalue weighted by Crippen LogP contribution is -2.54.